The molecule has 1 aliphatic heterocycles. The molecule has 2 amide bonds. The molecule has 1 aromatic carbocycles. The van der Waals surface area contributed by atoms with E-state index in [0.717, 1.165) is 17.7 Å². The zero-order valence-corrected chi connectivity index (χ0v) is 12.7. The number of anilines is 1. The van der Waals surface area contributed by atoms with Crippen LogP contribution < -0.4 is 5.32 Å². The predicted octanol–water partition coefficient (Wildman–Crippen LogP) is 2.46. The minimum Gasteiger partial charge on any atom is -0.391 e. The second kappa shape index (κ2) is 7.43. The van der Waals surface area contributed by atoms with Crippen molar-refractivity contribution in [1.82, 2.24) is 4.90 Å². The average molecular weight is 292 g/mol. The predicted molar refractivity (Wildman–Crippen MR) is 82.2 cm³/mol. The van der Waals surface area contributed by atoms with E-state index < -0.39 is 6.10 Å². The lowest BCUT2D eigenvalue weighted by atomic mass is 9.96. The maximum atomic E-state index is 12.3. The molecule has 1 fully saturated rings. The van der Waals surface area contributed by atoms with Gasteiger partial charge in [-0.1, -0.05) is 25.1 Å². The van der Waals surface area contributed by atoms with Crippen molar-refractivity contribution < 1.29 is 14.6 Å². The number of hydrogen-bond acceptors (Lipinski definition) is 3. The smallest absolute Gasteiger partial charge is 0.321 e. The molecule has 0 aromatic heterocycles. The van der Waals surface area contributed by atoms with Crippen LogP contribution in [-0.4, -0.2) is 41.8 Å². The Morgan fingerprint density at radius 3 is 2.95 bits per heavy atom. The number of urea groups is 1. The van der Waals surface area contributed by atoms with Crippen molar-refractivity contribution in [3.63, 3.8) is 0 Å². The number of nitrogens with one attached hydrogen (secondary N) is 1. The molecule has 1 aromatic rings. The third-order valence-electron chi connectivity index (χ3n) is 3.93. The highest BCUT2D eigenvalue weighted by Gasteiger charge is 2.27. The molecule has 2 N–H and O–H groups in total. The fourth-order valence-electron chi connectivity index (χ4n) is 2.41. The number of rotatable bonds is 4. The van der Waals surface area contributed by atoms with Gasteiger partial charge in [0.25, 0.3) is 0 Å². The minimum absolute atomic E-state index is 0.162. The summed E-state index contributed by atoms with van der Waals surface area (Å²) in [5.41, 5.74) is 1.72. The number of nitrogens with zero attached hydrogens (tertiary/aromatic N) is 1. The number of amides is 2. The van der Waals surface area contributed by atoms with Gasteiger partial charge in [-0.25, -0.2) is 4.79 Å². The van der Waals surface area contributed by atoms with Crippen molar-refractivity contribution in [3.8, 4) is 0 Å². The summed E-state index contributed by atoms with van der Waals surface area (Å²) in [6.07, 6.45) is 0.387. The molecule has 0 aliphatic carbocycles. The minimum atomic E-state index is -0.442. The first-order chi connectivity index (χ1) is 10.1. The number of piperidine rings is 1. The Balaban J connectivity index is 1.99. The average Bonchev–Trinajstić information content (AvgIpc) is 2.49. The Bertz CT molecular complexity index is 478. The molecule has 1 heterocycles. The standard InChI is InChI=1S/C16H24N2O3/c1-3-21-11-13-6-4-5-7-14(13)17-16(20)18-9-8-12(2)15(19)10-18/h4-7,12,15,19H,3,8-11H2,1-2H3,(H,17,20). The van der Waals surface area contributed by atoms with Crippen molar-refractivity contribution in [3.05, 3.63) is 29.8 Å². The van der Waals surface area contributed by atoms with Gasteiger partial charge in [-0.2, -0.15) is 0 Å². The van der Waals surface area contributed by atoms with Crippen LogP contribution in [0, 0.1) is 5.92 Å². The lowest BCUT2D eigenvalue weighted by Gasteiger charge is -2.34. The highest BCUT2D eigenvalue weighted by molar-refractivity contribution is 5.90. The van der Waals surface area contributed by atoms with Crippen LogP contribution in [0.25, 0.3) is 0 Å². The molecule has 21 heavy (non-hydrogen) atoms. The van der Waals surface area contributed by atoms with Gasteiger partial charge in [0.15, 0.2) is 0 Å². The number of hydrogen-bond donors (Lipinski definition) is 2. The molecule has 2 unspecified atom stereocenters. The Hall–Kier alpha value is -1.59. The molecular formula is C16H24N2O3. The quantitative estimate of drug-likeness (QED) is 0.896. The van der Waals surface area contributed by atoms with Crippen molar-refractivity contribution in [2.45, 2.75) is 33.0 Å². The van der Waals surface area contributed by atoms with E-state index in [4.69, 9.17) is 4.74 Å². The number of carbonyl (C=O) groups excluding carboxylic acids is 1. The molecule has 116 valence electrons. The fraction of sp³-hybridized carbons (Fsp3) is 0.562. The Kier molecular flexibility index (Phi) is 5.59. The SMILES string of the molecule is CCOCc1ccccc1NC(=O)N1CCC(C)C(O)C1. The molecule has 1 aliphatic rings. The van der Waals surface area contributed by atoms with E-state index in [1.54, 1.807) is 4.90 Å². The first kappa shape index (κ1) is 15.8. The third-order valence-corrected chi connectivity index (χ3v) is 3.93. The van der Waals surface area contributed by atoms with Gasteiger partial charge in [-0.05, 0) is 25.3 Å². The van der Waals surface area contributed by atoms with E-state index in [1.165, 1.54) is 0 Å². The number of likely N-dealkylation sites (tertiary alicyclic amines) is 1. The summed E-state index contributed by atoms with van der Waals surface area (Å²) in [5.74, 6) is 0.249. The molecule has 0 saturated carbocycles. The summed E-state index contributed by atoms with van der Waals surface area (Å²) < 4.78 is 5.41. The second-order valence-electron chi connectivity index (χ2n) is 5.50. The lowest BCUT2D eigenvalue weighted by molar-refractivity contribution is 0.0463. The normalized spacial score (nSPS) is 22.1. The zero-order chi connectivity index (χ0) is 15.2. The van der Waals surface area contributed by atoms with Crippen LogP contribution in [0.15, 0.2) is 24.3 Å². The van der Waals surface area contributed by atoms with Crippen LogP contribution in [0.3, 0.4) is 0 Å². The summed E-state index contributed by atoms with van der Waals surface area (Å²) >= 11 is 0. The first-order valence-corrected chi connectivity index (χ1v) is 7.51. The van der Waals surface area contributed by atoms with Crippen LogP contribution in [0.5, 0.6) is 0 Å². The molecular weight excluding hydrogens is 268 g/mol. The number of benzene rings is 1. The molecule has 0 spiro atoms. The van der Waals surface area contributed by atoms with Gasteiger partial charge in [0.2, 0.25) is 0 Å². The van der Waals surface area contributed by atoms with Gasteiger partial charge in [0.1, 0.15) is 0 Å². The number of carbonyl (C=O) groups is 1. The van der Waals surface area contributed by atoms with E-state index in [2.05, 4.69) is 5.32 Å². The largest absolute Gasteiger partial charge is 0.391 e. The highest BCUT2D eigenvalue weighted by Crippen LogP contribution is 2.20. The van der Waals surface area contributed by atoms with Gasteiger partial charge >= 0.3 is 6.03 Å². The molecule has 2 rings (SSSR count). The molecule has 5 nitrogen and oxygen atoms in total. The topological polar surface area (TPSA) is 61.8 Å². The summed E-state index contributed by atoms with van der Waals surface area (Å²) in [5, 5.41) is 12.8. The molecule has 0 radical (unpaired) electrons. The van der Waals surface area contributed by atoms with Crippen molar-refractivity contribution in [2.24, 2.45) is 5.92 Å². The number of aliphatic hydroxyl groups excluding tert-OH is 1. The van der Waals surface area contributed by atoms with Gasteiger partial charge in [-0.15, -0.1) is 0 Å². The van der Waals surface area contributed by atoms with Crippen molar-refractivity contribution in [2.75, 3.05) is 25.0 Å². The van der Waals surface area contributed by atoms with Gasteiger partial charge < -0.3 is 20.1 Å². The summed E-state index contributed by atoms with van der Waals surface area (Å²) in [7, 11) is 0. The lowest BCUT2D eigenvalue weighted by Crippen LogP contribution is -2.47. The van der Waals surface area contributed by atoms with E-state index in [0.29, 0.717) is 26.3 Å². The Labute approximate surface area is 125 Å². The van der Waals surface area contributed by atoms with Gasteiger partial charge in [0, 0.05) is 30.9 Å². The van der Waals surface area contributed by atoms with Gasteiger partial charge in [-0.3, -0.25) is 0 Å². The van der Waals surface area contributed by atoms with Crippen LogP contribution in [-0.2, 0) is 11.3 Å². The highest BCUT2D eigenvalue weighted by atomic mass is 16.5. The maximum absolute atomic E-state index is 12.3. The first-order valence-electron chi connectivity index (χ1n) is 7.51. The summed E-state index contributed by atoms with van der Waals surface area (Å²) in [6, 6.07) is 7.47. The number of ether oxygens (including phenoxy) is 1. The van der Waals surface area contributed by atoms with Crippen LogP contribution in [0.1, 0.15) is 25.8 Å². The maximum Gasteiger partial charge on any atom is 0.321 e. The molecule has 0 bridgehead atoms. The van der Waals surface area contributed by atoms with E-state index in [1.807, 2.05) is 38.1 Å². The fourth-order valence-corrected chi connectivity index (χ4v) is 2.41. The summed E-state index contributed by atoms with van der Waals surface area (Å²) in [6.45, 7) is 6.14. The molecule has 2 atom stereocenters. The van der Waals surface area contributed by atoms with Crippen LogP contribution in [0.4, 0.5) is 10.5 Å². The van der Waals surface area contributed by atoms with Gasteiger partial charge in [0.05, 0.1) is 12.7 Å². The van der Waals surface area contributed by atoms with E-state index >= 15 is 0 Å². The van der Waals surface area contributed by atoms with E-state index in [9.17, 15) is 9.90 Å². The Morgan fingerprint density at radius 2 is 2.24 bits per heavy atom. The monoisotopic (exact) mass is 292 g/mol. The third kappa shape index (κ3) is 4.19. The zero-order valence-electron chi connectivity index (χ0n) is 12.7. The number of aliphatic hydroxyl groups is 1. The summed E-state index contributed by atoms with van der Waals surface area (Å²) in [4.78, 5) is 14.0. The second-order valence-corrected chi connectivity index (χ2v) is 5.50. The number of β-amino-alcohol motifs (C(OH)–C–C–N with tert-alkyl or cyclic N) is 1. The van der Waals surface area contributed by atoms with Crippen LogP contribution in [0.2, 0.25) is 0 Å². The Morgan fingerprint density at radius 1 is 1.48 bits per heavy atom. The molecule has 5 heteroatoms. The number of para-hydroxylation sites is 1. The van der Waals surface area contributed by atoms with E-state index in [-0.39, 0.29) is 11.9 Å². The molecule has 1 saturated heterocycles. The van der Waals surface area contributed by atoms with Crippen molar-refractivity contribution >= 4 is 11.7 Å². The van der Waals surface area contributed by atoms with Crippen LogP contribution >= 0.6 is 0 Å². The van der Waals surface area contributed by atoms with Crippen molar-refractivity contribution in [1.29, 1.82) is 0 Å².